The summed E-state index contributed by atoms with van der Waals surface area (Å²) < 4.78 is 0. The van der Waals surface area contributed by atoms with Crippen molar-refractivity contribution >= 4 is 11.9 Å². The van der Waals surface area contributed by atoms with Crippen molar-refractivity contribution in [2.24, 2.45) is 23.7 Å². The molecule has 3 rings (SSSR count). The van der Waals surface area contributed by atoms with E-state index in [0.717, 1.165) is 38.6 Å². The third kappa shape index (κ3) is 2.43. The Bertz CT molecular complexity index is 412. The summed E-state index contributed by atoms with van der Waals surface area (Å²) in [5.74, 6) is -0.334. The van der Waals surface area contributed by atoms with Gasteiger partial charge in [-0.05, 0) is 57.4 Å². The van der Waals surface area contributed by atoms with Crippen LogP contribution >= 0.6 is 0 Å². The van der Waals surface area contributed by atoms with Crippen LogP contribution in [0.4, 0.5) is 0 Å². The maximum absolute atomic E-state index is 12.4. The molecule has 2 aliphatic carbocycles. The van der Waals surface area contributed by atoms with Crippen molar-refractivity contribution in [1.82, 2.24) is 10.6 Å². The second kappa shape index (κ2) is 5.35. The van der Waals surface area contributed by atoms with E-state index in [1.807, 2.05) is 0 Å². The van der Waals surface area contributed by atoms with Gasteiger partial charge in [-0.3, -0.25) is 9.59 Å². The first-order chi connectivity index (χ1) is 9.56. The molecule has 1 heterocycles. The average Bonchev–Trinajstić information content (AvgIpc) is 2.99. The zero-order valence-corrected chi connectivity index (χ0v) is 12.0. The summed E-state index contributed by atoms with van der Waals surface area (Å²) in [6, 6.07) is 0.235. The number of hydrogen-bond acceptors (Lipinski definition) is 3. The molecular formula is C15H24N2O3. The fraction of sp³-hybridized carbons (Fsp3) is 0.867. The van der Waals surface area contributed by atoms with E-state index >= 15 is 0 Å². The van der Waals surface area contributed by atoms with E-state index in [1.54, 1.807) is 0 Å². The number of rotatable bonds is 3. The Morgan fingerprint density at radius 1 is 1.15 bits per heavy atom. The standard InChI is InChI=1S/C15H24N2O3/c1-8-6-11(4-5-16-8)14(18)17-13-10-3-2-9(7-10)12(13)15(19)20/h8-13,16H,2-7H2,1H3,(H,17,18)(H,19,20). The SMILES string of the molecule is CC1CC(C(=O)NC2C3CCC(C3)C2C(=O)O)CCN1. The molecule has 0 radical (unpaired) electrons. The molecule has 1 aliphatic heterocycles. The average molecular weight is 280 g/mol. The highest BCUT2D eigenvalue weighted by Crippen LogP contribution is 2.48. The number of hydrogen-bond donors (Lipinski definition) is 3. The molecule has 112 valence electrons. The number of carbonyl (C=O) groups excluding carboxylic acids is 1. The van der Waals surface area contributed by atoms with Gasteiger partial charge in [0, 0.05) is 18.0 Å². The van der Waals surface area contributed by atoms with Crippen LogP contribution in [0.25, 0.3) is 0 Å². The second-order valence-corrected chi connectivity index (χ2v) is 6.81. The van der Waals surface area contributed by atoms with Crippen LogP contribution in [0.5, 0.6) is 0 Å². The summed E-state index contributed by atoms with van der Waals surface area (Å²) in [7, 11) is 0. The van der Waals surface area contributed by atoms with Crippen molar-refractivity contribution in [3.05, 3.63) is 0 Å². The Balaban J connectivity index is 1.64. The molecule has 2 saturated carbocycles. The minimum atomic E-state index is -0.735. The molecule has 5 heteroatoms. The molecule has 20 heavy (non-hydrogen) atoms. The van der Waals surface area contributed by atoms with Gasteiger partial charge in [-0.2, -0.15) is 0 Å². The Morgan fingerprint density at radius 3 is 2.60 bits per heavy atom. The summed E-state index contributed by atoms with van der Waals surface area (Å²) in [5.41, 5.74) is 0. The predicted octanol–water partition coefficient (Wildman–Crippen LogP) is 0.990. The molecule has 6 unspecified atom stereocenters. The van der Waals surface area contributed by atoms with Crippen LogP contribution in [-0.4, -0.2) is 35.6 Å². The predicted molar refractivity (Wildman–Crippen MR) is 74.1 cm³/mol. The fourth-order valence-corrected chi connectivity index (χ4v) is 4.51. The fourth-order valence-electron chi connectivity index (χ4n) is 4.51. The highest BCUT2D eigenvalue weighted by Gasteiger charge is 2.51. The Hall–Kier alpha value is -1.10. The quantitative estimate of drug-likeness (QED) is 0.720. The van der Waals surface area contributed by atoms with Crippen molar-refractivity contribution in [2.45, 2.75) is 51.1 Å². The summed E-state index contributed by atoms with van der Waals surface area (Å²) in [4.78, 5) is 23.9. The monoisotopic (exact) mass is 280 g/mol. The smallest absolute Gasteiger partial charge is 0.308 e. The molecule has 0 aromatic heterocycles. The number of carbonyl (C=O) groups is 2. The number of carboxylic acids is 1. The summed E-state index contributed by atoms with van der Waals surface area (Å²) >= 11 is 0. The second-order valence-electron chi connectivity index (χ2n) is 6.81. The van der Waals surface area contributed by atoms with Gasteiger partial charge in [0.1, 0.15) is 0 Å². The minimum absolute atomic E-state index is 0.0415. The topological polar surface area (TPSA) is 78.4 Å². The molecule has 3 N–H and O–H groups in total. The Morgan fingerprint density at radius 2 is 1.90 bits per heavy atom. The Labute approximate surface area is 119 Å². The van der Waals surface area contributed by atoms with Crippen LogP contribution < -0.4 is 10.6 Å². The third-order valence-electron chi connectivity index (χ3n) is 5.50. The van der Waals surface area contributed by atoms with Crippen LogP contribution in [0.1, 0.15) is 39.0 Å². The molecule has 0 spiro atoms. The third-order valence-corrected chi connectivity index (χ3v) is 5.50. The van der Waals surface area contributed by atoms with E-state index in [-0.39, 0.29) is 29.7 Å². The zero-order valence-electron chi connectivity index (χ0n) is 12.0. The summed E-state index contributed by atoms with van der Waals surface area (Å²) in [5, 5.41) is 15.8. The lowest BCUT2D eigenvalue weighted by Gasteiger charge is -2.32. The maximum atomic E-state index is 12.4. The van der Waals surface area contributed by atoms with E-state index in [0.29, 0.717) is 12.0 Å². The van der Waals surface area contributed by atoms with Crippen LogP contribution in [0.3, 0.4) is 0 Å². The lowest BCUT2D eigenvalue weighted by Crippen LogP contribution is -2.50. The van der Waals surface area contributed by atoms with E-state index in [1.165, 1.54) is 0 Å². The number of fused-ring (bicyclic) bond motifs is 2. The van der Waals surface area contributed by atoms with E-state index in [2.05, 4.69) is 17.6 Å². The molecule has 2 bridgehead atoms. The molecule has 1 amide bonds. The van der Waals surface area contributed by atoms with Crippen LogP contribution in [0, 0.1) is 23.7 Å². The first kappa shape index (κ1) is 13.9. The van der Waals surface area contributed by atoms with Crippen LogP contribution in [0.15, 0.2) is 0 Å². The van der Waals surface area contributed by atoms with Gasteiger partial charge in [0.15, 0.2) is 0 Å². The van der Waals surface area contributed by atoms with Crippen molar-refractivity contribution in [2.75, 3.05) is 6.54 Å². The van der Waals surface area contributed by atoms with E-state index in [9.17, 15) is 14.7 Å². The first-order valence-corrected chi connectivity index (χ1v) is 7.83. The van der Waals surface area contributed by atoms with Crippen LogP contribution in [0.2, 0.25) is 0 Å². The van der Waals surface area contributed by atoms with Crippen molar-refractivity contribution in [1.29, 1.82) is 0 Å². The van der Waals surface area contributed by atoms with Gasteiger partial charge in [-0.25, -0.2) is 0 Å². The highest BCUT2D eigenvalue weighted by atomic mass is 16.4. The maximum Gasteiger partial charge on any atom is 0.308 e. The van der Waals surface area contributed by atoms with Crippen LogP contribution in [-0.2, 0) is 9.59 Å². The number of carboxylic acid groups (broad SMARTS) is 1. The largest absolute Gasteiger partial charge is 0.481 e. The minimum Gasteiger partial charge on any atom is -0.481 e. The van der Waals surface area contributed by atoms with E-state index in [4.69, 9.17) is 0 Å². The number of aliphatic carboxylic acids is 1. The van der Waals surface area contributed by atoms with E-state index < -0.39 is 5.97 Å². The Kier molecular flexibility index (Phi) is 3.71. The molecule has 0 aromatic rings. The molecule has 3 fully saturated rings. The molecule has 3 aliphatic rings. The summed E-state index contributed by atoms with van der Waals surface area (Å²) in [6.07, 6.45) is 4.77. The van der Waals surface area contributed by atoms with Gasteiger partial charge in [-0.1, -0.05) is 0 Å². The molecule has 6 atom stereocenters. The molecule has 1 saturated heterocycles. The molecule has 0 aromatic carbocycles. The lowest BCUT2D eigenvalue weighted by molar-refractivity contribution is -0.145. The number of piperidine rings is 1. The van der Waals surface area contributed by atoms with Crippen molar-refractivity contribution in [3.8, 4) is 0 Å². The van der Waals surface area contributed by atoms with Gasteiger partial charge < -0.3 is 15.7 Å². The highest BCUT2D eigenvalue weighted by molar-refractivity contribution is 5.81. The first-order valence-electron chi connectivity index (χ1n) is 7.83. The normalized spacial score (nSPS) is 43.5. The van der Waals surface area contributed by atoms with Crippen molar-refractivity contribution < 1.29 is 14.7 Å². The van der Waals surface area contributed by atoms with Crippen molar-refractivity contribution in [3.63, 3.8) is 0 Å². The summed E-state index contributed by atoms with van der Waals surface area (Å²) in [6.45, 7) is 2.97. The lowest BCUT2D eigenvalue weighted by atomic mass is 9.83. The molecular weight excluding hydrogens is 256 g/mol. The van der Waals surface area contributed by atoms with Gasteiger partial charge in [0.2, 0.25) is 5.91 Å². The number of amides is 1. The van der Waals surface area contributed by atoms with Gasteiger partial charge in [-0.15, -0.1) is 0 Å². The number of nitrogens with one attached hydrogen (secondary N) is 2. The molecule has 5 nitrogen and oxygen atoms in total. The van der Waals surface area contributed by atoms with Gasteiger partial charge in [0.05, 0.1) is 5.92 Å². The van der Waals surface area contributed by atoms with Gasteiger partial charge in [0.25, 0.3) is 0 Å². The zero-order chi connectivity index (χ0) is 14.3. The van der Waals surface area contributed by atoms with Gasteiger partial charge >= 0.3 is 5.97 Å².